The molecule has 0 radical (unpaired) electrons. The van der Waals surface area contributed by atoms with Crippen molar-refractivity contribution in [2.75, 3.05) is 32.0 Å². The molecule has 1 aromatic carbocycles. The van der Waals surface area contributed by atoms with Gasteiger partial charge in [0.05, 0.1) is 13.2 Å². The number of ether oxygens (including phenoxy) is 1. The first-order chi connectivity index (χ1) is 8.71. The van der Waals surface area contributed by atoms with E-state index in [0.717, 1.165) is 36.5 Å². The first kappa shape index (κ1) is 14.8. The summed E-state index contributed by atoms with van der Waals surface area (Å²) >= 11 is 0. The number of anilines is 1. The van der Waals surface area contributed by atoms with Crippen LogP contribution in [0.3, 0.4) is 0 Å². The molecule has 1 aromatic rings. The van der Waals surface area contributed by atoms with Crippen molar-refractivity contribution < 1.29 is 9.84 Å². The van der Waals surface area contributed by atoms with Crippen LogP contribution < -0.4 is 10.5 Å². The molecule has 0 saturated heterocycles. The normalized spacial score (nSPS) is 10.9. The van der Waals surface area contributed by atoms with Gasteiger partial charge in [-0.2, -0.15) is 0 Å². The first-order valence-corrected chi connectivity index (χ1v) is 6.55. The van der Waals surface area contributed by atoms with E-state index in [-0.39, 0.29) is 6.61 Å². The van der Waals surface area contributed by atoms with Crippen molar-refractivity contribution >= 4 is 5.69 Å². The third-order valence-electron chi connectivity index (χ3n) is 2.73. The number of hydrogen-bond acceptors (Lipinski definition) is 4. The van der Waals surface area contributed by atoms with Crippen molar-refractivity contribution in [3.63, 3.8) is 0 Å². The smallest absolute Gasteiger partial charge is 0.123 e. The molecule has 0 fully saturated rings. The molecule has 0 spiro atoms. The molecule has 0 saturated carbocycles. The van der Waals surface area contributed by atoms with Crippen LogP contribution in [0.25, 0.3) is 0 Å². The van der Waals surface area contributed by atoms with Crippen LogP contribution in [0.15, 0.2) is 18.2 Å². The maximum Gasteiger partial charge on any atom is 0.123 e. The van der Waals surface area contributed by atoms with Gasteiger partial charge in [0.15, 0.2) is 0 Å². The fourth-order valence-electron chi connectivity index (χ4n) is 1.99. The molecule has 4 heteroatoms. The van der Waals surface area contributed by atoms with E-state index in [1.165, 1.54) is 0 Å². The Balaban J connectivity index is 2.81. The molecule has 0 aromatic heterocycles. The zero-order valence-corrected chi connectivity index (χ0v) is 11.4. The summed E-state index contributed by atoms with van der Waals surface area (Å²) in [7, 11) is 0. The summed E-state index contributed by atoms with van der Waals surface area (Å²) in [5, 5.41) is 9.07. The Kier molecular flexibility index (Phi) is 6.54. The highest BCUT2D eigenvalue weighted by Crippen LogP contribution is 2.23. The van der Waals surface area contributed by atoms with Crippen LogP contribution in [0.1, 0.15) is 25.8 Å². The molecule has 0 aliphatic heterocycles. The molecular formula is C14H24N2O2. The number of aliphatic hydroxyl groups excluding tert-OH is 1. The lowest BCUT2D eigenvalue weighted by Gasteiger charge is -2.22. The van der Waals surface area contributed by atoms with Gasteiger partial charge in [-0.3, -0.25) is 4.90 Å². The maximum absolute atomic E-state index is 9.07. The lowest BCUT2D eigenvalue weighted by molar-refractivity contribution is 0.188. The number of nitrogen functional groups attached to an aromatic ring is 1. The second-order valence-corrected chi connectivity index (χ2v) is 4.30. The van der Waals surface area contributed by atoms with Crippen molar-refractivity contribution in [2.45, 2.75) is 26.8 Å². The van der Waals surface area contributed by atoms with E-state index >= 15 is 0 Å². The molecule has 0 amide bonds. The Hall–Kier alpha value is -1.26. The number of rotatable bonds is 8. The molecule has 0 aliphatic rings. The van der Waals surface area contributed by atoms with E-state index in [0.29, 0.717) is 13.2 Å². The summed E-state index contributed by atoms with van der Waals surface area (Å²) in [6, 6.07) is 5.72. The van der Waals surface area contributed by atoms with Crippen LogP contribution in [0.4, 0.5) is 5.69 Å². The molecular weight excluding hydrogens is 228 g/mol. The summed E-state index contributed by atoms with van der Waals surface area (Å²) in [5.41, 5.74) is 7.65. The lowest BCUT2D eigenvalue weighted by Crippen LogP contribution is -2.27. The van der Waals surface area contributed by atoms with E-state index in [2.05, 4.69) is 11.8 Å². The average molecular weight is 252 g/mol. The quantitative estimate of drug-likeness (QED) is 0.693. The number of benzene rings is 1. The molecule has 102 valence electrons. The van der Waals surface area contributed by atoms with Crippen molar-refractivity contribution in [1.82, 2.24) is 4.90 Å². The van der Waals surface area contributed by atoms with Gasteiger partial charge in [0, 0.05) is 24.3 Å². The fourth-order valence-corrected chi connectivity index (χ4v) is 1.99. The summed E-state index contributed by atoms with van der Waals surface area (Å²) in [4.78, 5) is 2.21. The number of aliphatic hydroxyl groups is 1. The number of hydrogen-bond donors (Lipinski definition) is 2. The Labute approximate surface area is 109 Å². The zero-order chi connectivity index (χ0) is 13.4. The zero-order valence-electron chi connectivity index (χ0n) is 11.4. The lowest BCUT2D eigenvalue weighted by atomic mass is 10.1. The molecule has 0 unspecified atom stereocenters. The molecule has 3 N–H and O–H groups in total. The van der Waals surface area contributed by atoms with Gasteiger partial charge < -0.3 is 15.6 Å². The SMILES string of the molecule is CCCN(CCO)Cc1cc(N)ccc1OCC. The predicted octanol–water partition coefficient (Wildman–Crippen LogP) is 1.87. The minimum absolute atomic E-state index is 0.173. The van der Waals surface area contributed by atoms with E-state index in [1.54, 1.807) is 0 Å². The fraction of sp³-hybridized carbons (Fsp3) is 0.571. The third kappa shape index (κ3) is 4.55. The van der Waals surface area contributed by atoms with Gasteiger partial charge >= 0.3 is 0 Å². The highest BCUT2D eigenvalue weighted by molar-refractivity contribution is 5.47. The largest absolute Gasteiger partial charge is 0.494 e. The maximum atomic E-state index is 9.07. The standard InChI is InChI=1S/C14H24N2O2/c1-3-7-16(8-9-17)11-12-10-13(15)5-6-14(12)18-4-2/h5-6,10,17H,3-4,7-9,11,15H2,1-2H3. The van der Waals surface area contributed by atoms with Crippen LogP contribution in [0, 0.1) is 0 Å². The minimum atomic E-state index is 0.173. The van der Waals surface area contributed by atoms with Gasteiger partial charge in [0.1, 0.15) is 5.75 Å². The highest BCUT2D eigenvalue weighted by atomic mass is 16.5. The van der Waals surface area contributed by atoms with Crippen molar-refractivity contribution in [2.24, 2.45) is 0 Å². The molecule has 4 nitrogen and oxygen atoms in total. The van der Waals surface area contributed by atoms with Gasteiger partial charge in [0.2, 0.25) is 0 Å². The molecule has 0 aliphatic carbocycles. The first-order valence-electron chi connectivity index (χ1n) is 6.55. The molecule has 0 atom stereocenters. The van der Waals surface area contributed by atoms with Crippen LogP contribution in [0.2, 0.25) is 0 Å². The van der Waals surface area contributed by atoms with Gasteiger partial charge in [0.25, 0.3) is 0 Å². The molecule has 0 heterocycles. The van der Waals surface area contributed by atoms with Crippen molar-refractivity contribution in [3.05, 3.63) is 23.8 Å². The molecule has 0 bridgehead atoms. The van der Waals surface area contributed by atoms with Gasteiger partial charge in [-0.25, -0.2) is 0 Å². The van der Waals surface area contributed by atoms with E-state index in [9.17, 15) is 0 Å². The topological polar surface area (TPSA) is 58.7 Å². The second-order valence-electron chi connectivity index (χ2n) is 4.30. The van der Waals surface area contributed by atoms with Crippen LogP contribution in [-0.2, 0) is 6.54 Å². The van der Waals surface area contributed by atoms with E-state index in [4.69, 9.17) is 15.6 Å². The Morgan fingerprint density at radius 1 is 1.28 bits per heavy atom. The Morgan fingerprint density at radius 3 is 2.67 bits per heavy atom. The summed E-state index contributed by atoms with van der Waals surface area (Å²) in [6.45, 7) is 7.31. The van der Waals surface area contributed by atoms with Gasteiger partial charge in [-0.1, -0.05) is 6.92 Å². The monoisotopic (exact) mass is 252 g/mol. The second kappa shape index (κ2) is 7.95. The summed E-state index contributed by atoms with van der Waals surface area (Å²) < 4.78 is 5.60. The predicted molar refractivity (Wildman–Crippen MR) is 74.7 cm³/mol. The number of nitrogens with two attached hydrogens (primary N) is 1. The van der Waals surface area contributed by atoms with E-state index in [1.807, 2.05) is 25.1 Å². The van der Waals surface area contributed by atoms with Gasteiger partial charge in [-0.15, -0.1) is 0 Å². The number of nitrogens with zero attached hydrogens (tertiary/aromatic N) is 1. The molecule has 1 rings (SSSR count). The van der Waals surface area contributed by atoms with Crippen LogP contribution in [-0.4, -0.2) is 36.3 Å². The summed E-state index contributed by atoms with van der Waals surface area (Å²) in [5.74, 6) is 0.880. The summed E-state index contributed by atoms with van der Waals surface area (Å²) in [6.07, 6.45) is 1.06. The average Bonchev–Trinajstić information content (AvgIpc) is 2.33. The third-order valence-corrected chi connectivity index (χ3v) is 2.73. The van der Waals surface area contributed by atoms with E-state index < -0.39 is 0 Å². The van der Waals surface area contributed by atoms with Crippen LogP contribution in [0.5, 0.6) is 5.75 Å². The van der Waals surface area contributed by atoms with Crippen LogP contribution >= 0.6 is 0 Å². The minimum Gasteiger partial charge on any atom is -0.494 e. The molecule has 18 heavy (non-hydrogen) atoms. The Bertz CT molecular complexity index is 350. The highest BCUT2D eigenvalue weighted by Gasteiger charge is 2.09. The van der Waals surface area contributed by atoms with Crippen molar-refractivity contribution in [1.29, 1.82) is 0 Å². The van der Waals surface area contributed by atoms with Crippen molar-refractivity contribution in [3.8, 4) is 5.75 Å². The van der Waals surface area contributed by atoms with Gasteiger partial charge in [-0.05, 0) is 38.1 Å². The Morgan fingerprint density at radius 2 is 2.06 bits per heavy atom.